The molecule has 1 aliphatic rings. The van der Waals surface area contributed by atoms with Gasteiger partial charge in [-0.05, 0) is 29.8 Å². The van der Waals surface area contributed by atoms with Crippen molar-refractivity contribution in [2.24, 2.45) is 0 Å². The lowest BCUT2D eigenvalue weighted by Crippen LogP contribution is -2.29. The average molecular weight is 469 g/mol. The van der Waals surface area contributed by atoms with Crippen molar-refractivity contribution in [3.8, 4) is 0 Å². The van der Waals surface area contributed by atoms with Gasteiger partial charge in [0.2, 0.25) is 0 Å². The van der Waals surface area contributed by atoms with Crippen molar-refractivity contribution >= 4 is 50.7 Å². The zero-order valence-electron chi connectivity index (χ0n) is 15.0. The molecule has 3 aromatic rings. The van der Waals surface area contributed by atoms with E-state index in [0.29, 0.717) is 21.8 Å². The van der Waals surface area contributed by atoms with Gasteiger partial charge in [-0.1, -0.05) is 82.1 Å². The molecule has 1 N–H and O–H groups in total. The molecule has 4 nitrogen and oxygen atoms in total. The van der Waals surface area contributed by atoms with Gasteiger partial charge in [-0.2, -0.15) is 0 Å². The van der Waals surface area contributed by atoms with Crippen LogP contribution in [0.5, 0.6) is 0 Å². The van der Waals surface area contributed by atoms with Crippen LogP contribution in [-0.2, 0) is 9.59 Å². The molecule has 1 fully saturated rings. The maximum absolute atomic E-state index is 13.0. The first-order chi connectivity index (χ1) is 14.0. The highest BCUT2D eigenvalue weighted by Crippen LogP contribution is 2.44. The van der Waals surface area contributed by atoms with Crippen molar-refractivity contribution in [2.75, 3.05) is 4.90 Å². The number of carbonyl (C=O) groups is 2. The predicted octanol–water partition coefficient (Wildman–Crippen LogP) is 5.73. The molecule has 144 valence electrons. The average Bonchev–Trinajstić information content (AvgIpc) is 2.99. The fourth-order valence-corrected chi connectivity index (χ4v) is 4.09. The van der Waals surface area contributed by atoms with Gasteiger partial charge in [0, 0.05) is 20.7 Å². The summed E-state index contributed by atoms with van der Waals surface area (Å²) in [4.78, 5) is 27.4. The van der Waals surface area contributed by atoms with Crippen LogP contribution in [0, 0.1) is 0 Å². The number of ketones is 1. The smallest absolute Gasteiger partial charge is 0.300 e. The standard InChI is InChI=1S/C23H15BrClNO3/c24-15-9-6-10-16(13-15)26-20(17-11-4-5-12-18(17)25)19(22(28)23(26)29)21(27)14-7-2-1-3-8-14/h1-13,20,27H/b21-19+/t20-/m1/s1. The fourth-order valence-electron chi connectivity index (χ4n) is 3.47. The molecular formula is C23H15BrClNO3. The highest BCUT2D eigenvalue weighted by molar-refractivity contribution is 9.10. The van der Waals surface area contributed by atoms with E-state index in [1.54, 1.807) is 66.7 Å². The second-order valence-corrected chi connectivity index (χ2v) is 7.86. The summed E-state index contributed by atoms with van der Waals surface area (Å²) < 4.78 is 0.762. The van der Waals surface area contributed by atoms with E-state index in [1.165, 1.54) is 4.90 Å². The van der Waals surface area contributed by atoms with Crippen LogP contribution in [0.25, 0.3) is 5.76 Å². The second-order valence-electron chi connectivity index (χ2n) is 6.54. The molecule has 0 aromatic heterocycles. The van der Waals surface area contributed by atoms with Crippen LogP contribution in [-0.4, -0.2) is 16.8 Å². The van der Waals surface area contributed by atoms with E-state index in [4.69, 9.17) is 11.6 Å². The van der Waals surface area contributed by atoms with Crippen molar-refractivity contribution in [3.05, 3.63) is 105 Å². The van der Waals surface area contributed by atoms with E-state index in [-0.39, 0.29) is 11.3 Å². The van der Waals surface area contributed by atoms with Crippen molar-refractivity contribution in [1.29, 1.82) is 0 Å². The minimum absolute atomic E-state index is 0.00859. The molecular weight excluding hydrogens is 454 g/mol. The number of rotatable bonds is 3. The highest BCUT2D eigenvalue weighted by Gasteiger charge is 2.47. The maximum Gasteiger partial charge on any atom is 0.300 e. The van der Waals surface area contributed by atoms with Crippen LogP contribution in [0.15, 0.2) is 88.9 Å². The highest BCUT2D eigenvalue weighted by atomic mass is 79.9. The van der Waals surface area contributed by atoms with Crippen molar-refractivity contribution in [3.63, 3.8) is 0 Å². The van der Waals surface area contributed by atoms with Crippen molar-refractivity contribution in [2.45, 2.75) is 6.04 Å². The number of nitrogens with zero attached hydrogens (tertiary/aromatic N) is 1. The monoisotopic (exact) mass is 467 g/mol. The van der Waals surface area contributed by atoms with E-state index < -0.39 is 17.7 Å². The topological polar surface area (TPSA) is 57.6 Å². The molecule has 0 unspecified atom stereocenters. The molecule has 0 bridgehead atoms. The van der Waals surface area contributed by atoms with Crippen LogP contribution < -0.4 is 4.90 Å². The Bertz CT molecular complexity index is 1140. The van der Waals surface area contributed by atoms with E-state index >= 15 is 0 Å². The minimum atomic E-state index is -0.849. The third-order valence-electron chi connectivity index (χ3n) is 4.78. The second kappa shape index (κ2) is 7.85. The number of amides is 1. The predicted molar refractivity (Wildman–Crippen MR) is 117 cm³/mol. The van der Waals surface area contributed by atoms with Gasteiger partial charge in [0.1, 0.15) is 5.76 Å². The summed E-state index contributed by atoms with van der Waals surface area (Å²) in [6.07, 6.45) is 0. The molecule has 0 spiro atoms. The number of hydrogen-bond acceptors (Lipinski definition) is 3. The number of halogens is 2. The largest absolute Gasteiger partial charge is 0.507 e. The molecule has 1 atom stereocenters. The number of hydrogen-bond donors (Lipinski definition) is 1. The zero-order chi connectivity index (χ0) is 20.5. The number of carbonyl (C=O) groups excluding carboxylic acids is 2. The molecule has 1 heterocycles. The minimum Gasteiger partial charge on any atom is -0.507 e. The van der Waals surface area contributed by atoms with E-state index in [9.17, 15) is 14.7 Å². The third-order valence-corrected chi connectivity index (χ3v) is 5.62. The number of benzene rings is 3. The van der Waals surface area contributed by atoms with Gasteiger partial charge in [-0.25, -0.2) is 0 Å². The lowest BCUT2D eigenvalue weighted by Gasteiger charge is -2.26. The van der Waals surface area contributed by atoms with Gasteiger partial charge in [-0.15, -0.1) is 0 Å². The van der Waals surface area contributed by atoms with Crippen molar-refractivity contribution < 1.29 is 14.7 Å². The maximum atomic E-state index is 13.0. The quantitative estimate of drug-likeness (QED) is 0.303. The van der Waals surface area contributed by atoms with Crippen LogP contribution >= 0.6 is 27.5 Å². The summed E-state index contributed by atoms with van der Waals surface area (Å²) >= 11 is 9.84. The summed E-state index contributed by atoms with van der Waals surface area (Å²) in [6.45, 7) is 0. The van der Waals surface area contributed by atoms with Gasteiger partial charge >= 0.3 is 0 Å². The number of aliphatic hydroxyl groups is 1. The Kier molecular flexibility index (Phi) is 5.26. The van der Waals surface area contributed by atoms with Crippen LogP contribution in [0.1, 0.15) is 17.2 Å². The molecule has 0 saturated carbocycles. The normalized spacial score (nSPS) is 18.3. The first-order valence-corrected chi connectivity index (χ1v) is 10.0. The Balaban J connectivity index is 1.99. The molecule has 1 aliphatic heterocycles. The van der Waals surface area contributed by atoms with Gasteiger partial charge in [-0.3, -0.25) is 14.5 Å². The van der Waals surface area contributed by atoms with Gasteiger partial charge in [0.05, 0.1) is 11.6 Å². The van der Waals surface area contributed by atoms with E-state index in [1.807, 2.05) is 12.1 Å². The molecule has 4 rings (SSSR count). The number of anilines is 1. The summed E-state index contributed by atoms with van der Waals surface area (Å²) in [5.41, 5.74) is 1.55. The summed E-state index contributed by atoms with van der Waals surface area (Å²) in [5.74, 6) is -1.70. The Labute approximate surface area is 181 Å². The lowest BCUT2D eigenvalue weighted by atomic mass is 9.95. The summed E-state index contributed by atoms with van der Waals surface area (Å²) in [6, 6.07) is 21.9. The van der Waals surface area contributed by atoms with Gasteiger partial charge in [0.25, 0.3) is 11.7 Å². The van der Waals surface area contributed by atoms with Gasteiger partial charge in [0.15, 0.2) is 0 Å². The Morgan fingerprint density at radius 1 is 0.931 bits per heavy atom. The van der Waals surface area contributed by atoms with Crippen LogP contribution in [0.4, 0.5) is 5.69 Å². The number of aliphatic hydroxyl groups excluding tert-OH is 1. The summed E-state index contributed by atoms with van der Waals surface area (Å²) in [5, 5.41) is 11.4. The first-order valence-electron chi connectivity index (χ1n) is 8.85. The zero-order valence-corrected chi connectivity index (χ0v) is 17.4. The fraction of sp³-hybridized carbons (Fsp3) is 0.0435. The molecule has 1 saturated heterocycles. The number of Topliss-reactive ketones (excluding diaryl/α,β-unsaturated/α-hetero) is 1. The first kappa shape index (κ1) is 19.4. The molecule has 0 aliphatic carbocycles. The van der Waals surface area contributed by atoms with E-state index in [2.05, 4.69) is 15.9 Å². The molecule has 3 aromatic carbocycles. The van der Waals surface area contributed by atoms with Crippen LogP contribution in [0.2, 0.25) is 5.02 Å². The molecule has 6 heteroatoms. The van der Waals surface area contributed by atoms with Crippen LogP contribution in [0.3, 0.4) is 0 Å². The Morgan fingerprint density at radius 3 is 2.31 bits per heavy atom. The van der Waals surface area contributed by atoms with E-state index in [0.717, 1.165) is 4.47 Å². The molecule has 0 radical (unpaired) electrons. The SMILES string of the molecule is O=C1C(=O)N(c2cccc(Br)c2)[C@H](c2ccccc2Cl)/C1=C(\O)c1ccccc1. The van der Waals surface area contributed by atoms with Crippen molar-refractivity contribution in [1.82, 2.24) is 0 Å². The Morgan fingerprint density at radius 2 is 1.62 bits per heavy atom. The summed E-state index contributed by atoms with van der Waals surface area (Å²) in [7, 11) is 0. The molecule has 1 amide bonds. The molecule has 29 heavy (non-hydrogen) atoms. The lowest BCUT2D eigenvalue weighted by molar-refractivity contribution is -0.132. The third kappa shape index (κ3) is 3.48. The Hall–Kier alpha value is -2.89. The van der Waals surface area contributed by atoms with Gasteiger partial charge < -0.3 is 5.11 Å².